The predicted molar refractivity (Wildman–Crippen MR) is 78.2 cm³/mol. The molecule has 0 aliphatic rings. The van der Waals surface area contributed by atoms with E-state index in [1.807, 2.05) is 6.07 Å². The molecule has 2 rings (SSSR count). The van der Waals surface area contributed by atoms with Crippen LogP contribution < -0.4 is 10.1 Å². The number of nitriles is 1. The Morgan fingerprint density at radius 2 is 2.24 bits per heavy atom. The Morgan fingerprint density at radius 1 is 1.38 bits per heavy atom. The van der Waals surface area contributed by atoms with Gasteiger partial charge in [0.25, 0.3) is 5.91 Å². The number of rotatable bonds is 5. The van der Waals surface area contributed by atoms with E-state index in [2.05, 4.69) is 10.3 Å². The van der Waals surface area contributed by atoms with E-state index >= 15 is 0 Å². The molecule has 1 aromatic heterocycles. The van der Waals surface area contributed by atoms with Crippen LogP contribution in [0.2, 0.25) is 5.02 Å². The Kier molecular flexibility index (Phi) is 5.13. The quantitative estimate of drug-likeness (QED) is 0.861. The van der Waals surface area contributed by atoms with Gasteiger partial charge < -0.3 is 10.1 Å². The summed E-state index contributed by atoms with van der Waals surface area (Å²) in [7, 11) is 0. The largest absolute Gasteiger partial charge is 0.476 e. The number of hydrogen-bond acceptors (Lipinski definition) is 4. The number of hydrogen-bond donors (Lipinski definition) is 1. The van der Waals surface area contributed by atoms with Crippen molar-refractivity contribution in [3.8, 4) is 11.9 Å². The third kappa shape index (κ3) is 4.48. The van der Waals surface area contributed by atoms with Crippen molar-refractivity contribution in [2.75, 3.05) is 13.2 Å². The summed E-state index contributed by atoms with van der Waals surface area (Å²) < 4.78 is 5.36. The minimum absolute atomic E-state index is 0.250. The number of aromatic nitrogens is 1. The lowest BCUT2D eigenvalue weighted by atomic mass is 10.1. The predicted octanol–water partition coefficient (Wildman–Crippen LogP) is 2.42. The van der Waals surface area contributed by atoms with E-state index in [1.165, 1.54) is 12.3 Å². The number of nitrogens with zero attached hydrogens (tertiary/aromatic N) is 2. The van der Waals surface area contributed by atoms with Crippen LogP contribution in [0.15, 0.2) is 42.6 Å². The standard InChI is InChI=1S/C15H12ClN3O2/c16-13-4-5-14(19-10-13)21-7-6-18-15(20)12-3-1-2-11(8-12)9-17/h1-5,8,10H,6-7H2,(H,18,20). The summed E-state index contributed by atoms with van der Waals surface area (Å²) in [5.41, 5.74) is 0.892. The fourth-order valence-corrected chi connectivity index (χ4v) is 1.71. The lowest BCUT2D eigenvalue weighted by Gasteiger charge is -2.07. The second-order valence-corrected chi connectivity index (χ2v) is 4.55. The van der Waals surface area contributed by atoms with E-state index in [9.17, 15) is 4.79 Å². The van der Waals surface area contributed by atoms with Crippen molar-refractivity contribution < 1.29 is 9.53 Å². The van der Waals surface area contributed by atoms with Crippen molar-refractivity contribution in [2.45, 2.75) is 0 Å². The molecule has 0 saturated carbocycles. The summed E-state index contributed by atoms with van der Waals surface area (Å²) in [6, 6.07) is 11.8. The first kappa shape index (κ1) is 14.8. The molecule has 1 amide bonds. The van der Waals surface area contributed by atoms with Gasteiger partial charge in [0.2, 0.25) is 5.88 Å². The molecule has 21 heavy (non-hydrogen) atoms. The molecule has 0 atom stereocenters. The third-order valence-corrected chi connectivity index (χ3v) is 2.82. The first-order valence-corrected chi connectivity index (χ1v) is 6.59. The maximum Gasteiger partial charge on any atom is 0.251 e. The average Bonchev–Trinajstić information content (AvgIpc) is 2.53. The van der Waals surface area contributed by atoms with Crippen molar-refractivity contribution in [2.24, 2.45) is 0 Å². The van der Waals surface area contributed by atoms with Crippen LogP contribution in [0.4, 0.5) is 0 Å². The third-order valence-electron chi connectivity index (χ3n) is 2.59. The number of benzene rings is 1. The van der Waals surface area contributed by atoms with Crippen molar-refractivity contribution in [3.05, 3.63) is 58.7 Å². The van der Waals surface area contributed by atoms with Crippen molar-refractivity contribution in [1.82, 2.24) is 10.3 Å². The lowest BCUT2D eigenvalue weighted by molar-refractivity contribution is 0.0946. The van der Waals surface area contributed by atoms with Crippen LogP contribution in [0.5, 0.6) is 5.88 Å². The van der Waals surface area contributed by atoms with Crippen LogP contribution in [-0.2, 0) is 0 Å². The fourth-order valence-electron chi connectivity index (χ4n) is 1.60. The number of nitrogens with one attached hydrogen (secondary N) is 1. The molecule has 0 saturated heterocycles. The average molecular weight is 302 g/mol. The molecule has 5 nitrogen and oxygen atoms in total. The highest BCUT2D eigenvalue weighted by molar-refractivity contribution is 6.30. The van der Waals surface area contributed by atoms with E-state index < -0.39 is 0 Å². The summed E-state index contributed by atoms with van der Waals surface area (Å²) in [4.78, 5) is 15.8. The normalized spacial score (nSPS) is 9.71. The van der Waals surface area contributed by atoms with E-state index in [0.29, 0.717) is 28.6 Å². The number of amides is 1. The Balaban J connectivity index is 1.79. The van der Waals surface area contributed by atoms with Crippen LogP contribution in [0.1, 0.15) is 15.9 Å². The highest BCUT2D eigenvalue weighted by atomic mass is 35.5. The summed E-state index contributed by atoms with van der Waals surface area (Å²) >= 11 is 5.71. The number of carbonyl (C=O) groups excluding carboxylic acids is 1. The Labute approximate surface area is 127 Å². The second kappa shape index (κ2) is 7.27. The van der Waals surface area contributed by atoms with Crippen molar-refractivity contribution in [3.63, 3.8) is 0 Å². The molecular weight excluding hydrogens is 290 g/mol. The maximum atomic E-state index is 11.9. The summed E-state index contributed by atoms with van der Waals surface area (Å²) in [6.07, 6.45) is 1.49. The molecule has 6 heteroatoms. The topological polar surface area (TPSA) is 75.0 Å². The number of carbonyl (C=O) groups is 1. The second-order valence-electron chi connectivity index (χ2n) is 4.11. The van der Waals surface area contributed by atoms with Gasteiger partial charge in [-0.25, -0.2) is 4.98 Å². The van der Waals surface area contributed by atoms with E-state index in [0.717, 1.165) is 0 Å². The SMILES string of the molecule is N#Cc1cccc(C(=O)NCCOc2ccc(Cl)cn2)c1. The summed E-state index contributed by atoms with van der Waals surface area (Å²) in [5, 5.41) is 12.0. The minimum Gasteiger partial charge on any atom is -0.476 e. The van der Waals surface area contributed by atoms with Gasteiger partial charge in [-0.15, -0.1) is 0 Å². The van der Waals surface area contributed by atoms with Gasteiger partial charge in [-0.1, -0.05) is 17.7 Å². The highest BCUT2D eigenvalue weighted by Gasteiger charge is 2.05. The molecular formula is C15H12ClN3O2. The van der Waals surface area contributed by atoms with Crippen LogP contribution in [0.25, 0.3) is 0 Å². The van der Waals surface area contributed by atoms with Crippen LogP contribution in [-0.4, -0.2) is 24.0 Å². The Bertz CT molecular complexity index is 665. The molecule has 1 heterocycles. The van der Waals surface area contributed by atoms with Gasteiger partial charge in [0, 0.05) is 17.8 Å². The van der Waals surface area contributed by atoms with E-state index in [1.54, 1.807) is 30.3 Å². The lowest BCUT2D eigenvalue weighted by Crippen LogP contribution is -2.28. The summed E-state index contributed by atoms with van der Waals surface area (Å²) in [5.74, 6) is 0.194. The highest BCUT2D eigenvalue weighted by Crippen LogP contribution is 2.11. The molecule has 0 aliphatic heterocycles. The zero-order chi connectivity index (χ0) is 15.1. The Morgan fingerprint density at radius 3 is 2.95 bits per heavy atom. The minimum atomic E-state index is -0.250. The van der Waals surface area contributed by atoms with Gasteiger partial charge in [0.15, 0.2) is 0 Å². The van der Waals surface area contributed by atoms with Gasteiger partial charge in [0.1, 0.15) is 6.61 Å². The van der Waals surface area contributed by atoms with Crippen molar-refractivity contribution in [1.29, 1.82) is 5.26 Å². The fraction of sp³-hybridized carbons (Fsp3) is 0.133. The molecule has 0 aliphatic carbocycles. The molecule has 0 fully saturated rings. The van der Waals surface area contributed by atoms with Gasteiger partial charge in [-0.2, -0.15) is 5.26 Å². The molecule has 0 radical (unpaired) electrons. The van der Waals surface area contributed by atoms with Gasteiger partial charge in [-0.05, 0) is 24.3 Å². The van der Waals surface area contributed by atoms with Crippen molar-refractivity contribution >= 4 is 17.5 Å². The molecule has 1 aromatic carbocycles. The molecule has 0 spiro atoms. The first-order valence-electron chi connectivity index (χ1n) is 6.22. The van der Waals surface area contributed by atoms with Gasteiger partial charge in [0.05, 0.1) is 23.2 Å². The van der Waals surface area contributed by atoms with Gasteiger partial charge >= 0.3 is 0 Å². The number of ether oxygens (including phenoxy) is 1. The zero-order valence-electron chi connectivity index (χ0n) is 11.0. The van der Waals surface area contributed by atoms with Crippen LogP contribution in [0.3, 0.4) is 0 Å². The van der Waals surface area contributed by atoms with E-state index in [4.69, 9.17) is 21.6 Å². The summed E-state index contributed by atoms with van der Waals surface area (Å²) in [6.45, 7) is 0.623. The number of halogens is 1. The monoisotopic (exact) mass is 301 g/mol. The van der Waals surface area contributed by atoms with Crippen LogP contribution in [0, 0.1) is 11.3 Å². The molecule has 0 unspecified atom stereocenters. The van der Waals surface area contributed by atoms with Crippen LogP contribution >= 0.6 is 11.6 Å². The first-order chi connectivity index (χ1) is 10.2. The maximum absolute atomic E-state index is 11.9. The molecule has 0 bridgehead atoms. The number of pyridine rings is 1. The van der Waals surface area contributed by atoms with Gasteiger partial charge in [-0.3, -0.25) is 4.79 Å². The van der Waals surface area contributed by atoms with E-state index in [-0.39, 0.29) is 12.5 Å². The molecule has 106 valence electrons. The molecule has 1 N–H and O–H groups in total. The Hall–Kier alpha value is -2.58. The smallest absolute Gasteiger partial charge is 0.251 e. The molecule has 2 aromatic rings. The zero-order valence-corrected chi connectivity index (χ0v) is 11.8.